The van der Waals surface area contributed by atoms with Crippen molar-refractivity contribution in [1.29, 1.82) is 0 Å². The highest BCUT2D eigenvalue weighted by Crippen LogP contribution is 2.43. The first-order valence-corrected chi connectivity index (χ1v) is 20.8. The number of phosphoric ester groups is 1. The molecule has 0 aliphatic carbocycles. The molecule has 0 saturated heterocycles. The van der Waals surface area contributed by atoms with E-state index in [4.69, 9.17) is 24.3 Å². The molecule has 0 aliphatic rings. The third-order valence-corrected chi connectivity index (χ3v) is 9.08. The fourth-order valence-corrected chi connectivity index (χ4v) is 5.99. The van der Waals surface area contributed by atoms with Gasteiger partial charge in [-0.2, -0.15) is 0 Å². The summed E-state index contributed by atoms with van der Waals surface area (Å²) in [6.07, 6.45) is 37.5. The van der Waals surface area contributed by atoms with Gasteiger partial charge in [0.1, 0.15) is 6.10 Å². The van der Waals surface area contributed by atoms with Gasteiger partial charge < -0.3 is 20.1 Å². The van der Waals surface area contributed by atoms with Crippen LogP contribution in [-0.4, -0.2) is 49.9 Å². The van der Waals surface area contributed by atoms with Crippen LogP contribution in [0.4, 0.5) is 0 Å². The number of phosphoric acid groups is 1. The molecule has 3 N–H and O–H groups in total. The minimum absolute atomic E-state index is 0.0973. The Bertz CT molecular complexity index is 777. The standard InChI is InChI=1S/C38H74NO7P/c1-3-5-7-9-11-13-15-17-18-19-21-23-25-27-29-31-38(40)46-37(36-45-47(41,42)44-34-32-39)35-43-33-30-28-26-24-22-20-16-14-12-10-8-6-4-2/h12,14,17-18,37H,3-11,13,15-16,19-36,39H2,1-2H3,(H,41,42)/b14-12-,18-17-. The fourth-order valence-electron chi connectivity index (χ4n) is 5.22. The molecule has 2 atom stereocenters. The van der Waals surface area contributed by atoms with Crippen LogP contribution >= 0.6 is 7.82 Å². The summed E-state index contributed by atoms with van der Waals surface area (Å²) in [6, 6.07) is 0. The van der Waals surface area contributed by atoms with Crippen molar-refractivity contribution < 1.29 is 32.8 Å². The third kappa shape index (κ3) is 36.1. The molecule has 0 amide bonds. The monoisotopic (exact) mass is 688 g/mol. The second kappa shape index (κ2) is 36.3. The van der Waals surface area contributed by atoms with E-state index in [1.165, 1.54) is 109 Å². The number of unbranched alkanes of at least 4 members (excludes halogenated alkanes) is 20. The molecule has 0 heterocycles. The Labute approximate surface area is 289 Å². The Morgan fingerprint density at radius 3 is 1.60 bits per heavy atom. The first kappa shape index (κ1) is 46.0. The van der Waals surface area contributed by atoms with Gasteiger partial charge in [-0.25, -0.2) is 4.57 Å². The summed E-state index contributed by atoms with van der Waals surface area (Å²) < 4.78 is 33.3. The number of rotatable bonds is 37. The Morgan fingerprint density at radius 1 is 0.617 bits per heavy atom. The van der Waals surface area contributed by atoms with Crippen molar-refractivity contribution in [3.63, 3.8) is 0 Å². The molecule has 0 fully saturated rings. The number of allylic oxidation sites excluding steroid dienone is 4. The second-order valence-corrected chi connectivity index (χ2v) is 14.2. The molecule has 0 aliphatic heterocycles. The lowest BCUT2D eigenvalue weighted by Crippen LogP contribution is -2.28. The molecular formula is C38H74NO7P. The van der Waals surface area contributed by atoms with E-state index in [2.05, 4.69) is 38.2 Å². The topological polar surface area (TPSA) is 117 Å². The van der Waals surface area contributed by atoms with Crippen molar-refractivity contribution in [3.05, 3.63) is 24.3 Å². The highest BCUT2D eigenvalue weighted by Gasteiger charge is 2.25. The van der Waals surface area contributed by atoms with E-state index in [0.717, 1.165) is 44.9 Å². The van der Waals surface area contributed by atoms with E-state index < -0.39 is 13.9 Å². The number of carbonyl (C=O) groups excluding carboxylic acids is 1. The van der Waals surface area contributed by atoms with Crippen molar-refractivity contribution in [3.8, 4) is 0 Å². The summed E-state index contributed by atoms with van der Waals surface area (Å²) in [5.74, 6) is -0.341. The van der Waals surface area contributed by atoms with Gasteiger partial charge in [0.2, 0.25) is 0 Å². The van der Waals surface area contributed by atoms with Gasteiger partial charge in [-0.05, 0) is 64.2 Å². The SMILES string of the molecule is CCCCC/C=C\CCCCCCCCOCC(COP(=O)(O)OCCN)OC(=O)CCCCCCC/C=C\CCCCCCCC. The largest absolute Gasteiger partial charge is 0.472 e. The van der Waals surface area contributed by atoms with E-state index in [-0.39, 0.29) is 32.3 Å². The minimum atomic E-state index is -4.27. The molecule has 0 bridgehead atoms. The smallest absolute Gasteiger partial charge is 0.457 e. The zero-order valence-corrected chi connectivity index (χ0v) is 31.4. The first-order chi connectivity index (χ1) is 22.9. The molecular weight excluding hydrogens is 613 g/mol. The summed E-state index contributed by atoms with van der Waals surface area (Å²) in [7, 11) is -4.27. The van der Waals surface area contributed by atoms with Crippen LogP contribution in [0.2, 0.25) is 0 Å². The van der Waals surface area contributed by atoms with E-state index >= 15 is 0 Å². The molecule has 0 saturated carbocycles. The van der Waals surface area contributed by atoms with Gasteiger partial charge in [0.15, 0.2) is 0 Å². The highest BCUT2D eigenvalue weighted by atomic mass is 31.2. The van der Waals surface area contributed by atoms with Gasteiger partial charge in [-0.3, -0.25) is 13.8 Å². The van der Waals surface area contributed by atoms with Crippen LogP contribution < -0.4 is 5.73 Å². The molecule has 0 rings (SSSR count). The van der Waals surface area contributed by atoms with Crippen molar-refractivity contribution in [2.24, 2.45) is 5.73 Å². The molecule has 0 radical (unpaired) electrons. The number of carbonyl (C=O) groups is 1. The number of ether oxygens (including phenoxy) is 2. The molecule has 0 aromatic carbocycles. The van der Waals surface area contributed by atoms with Crippen molar-refractivity contribution in [2.75, 3.05) is 33.0 Å². The van der Waals surface area contributed by atoms with Gasteiger partial charge in [-0.15, -0.1) is 0 Å². The predicted molar refractivity (Wildman–Crippen MR) is 197 cm³/mol. The summed E-state index contributed by atoms with van der Waals surface area (Å²) in [5, 5.41) is 0. The quantitative estimate of drug-likeness (QED) is 0.0287. The maximum absolute atomic E-state index is 12.5. The van der Waals surface area contributed by atoms with Gasteiger partial charge in [-0.1, -0.05) is 128 Å². The Hall–Kier alpha value is -1.02. The lowest BCUT2D eigenvalue weighted by atomic mass is 10.1. The zero-order valence-electron chi connectivity index (χ0n) is 30.5. The number of hydrogen-bond donors (Lipinski definition) is 2. The molecule has 0 spiro atoms. The molecule has 2 unspecified atom stereocenters. The van der Waals surface area contributed by atoms with Crippen LogP contribution in [0.5, 0.6) is 0 Å². The van der Waals surface area contributed by atoms with Crippen LogP contribution in [0.3, 0.4) is 0 Å². The van der Waals surface area contributed by atoms with E-state index in [9.17, 15) is 14.3 Å². The maximum atomic E-state index is 12.5. The molecule has 47 heavy (non-hydrogen) atoms. The Kier molecular flexibility index (Phi) is 35.5. The van der Waals surface area contributed by atoms with Crippen LogP contribution in [-0.2, 0) is 27.9 Å². The van der Waals surface area contributed by atoms with E-state index in [1.807, 2.05) is 0 Å². The van der Waals surface area contributed by atoms with Gasteiger partial charge in [0.05, 0.1) is 19.8 Å². The molecule has 0 aromatic rings. The zero-order chi connectivity index (χ0) is 34.5. The summed E-state index contributed by atoms with van der Waals surface area (Å²) in [6.45, 7) is 4.87. The summed E-state index contributed by atoms with van der Waals surface area (Å²) in [4.78, 5) is 22.4. The second-order valence-electron chi connectivity index (χ2n) is 12.8. The van der Waals surface area contributed by atoms with Crippen LogP contribution in [0.25, 0.3) is 0 Å². The third-order valence-electron chi connectivity index (χ3n) is 8.09. The molecule has 278 valence electrons. The van der Waals surface area contributed by atoms with Crippen LogP contribution in [0.1, 0.15) is 174 Å². The molecule has 0 aromatic heterocycles. The number of nitrogens with two attached hydrogens (primary N) is 1. The normalized spacial score (nSPS) is 13.9. The lowest BCUT2D eigenvalue weighted by Gasteiger charge is -2.20. The van der Waals surface area contributed by atoms with Crippen LogP contribution in [0.15, 0.2) is 24.3 Å². The number of hydrogen-bond acceptors (Lipinski definition) is 7. The van der Waals surface area contributed by atoms with Gasteiger partial charge in [0.25, 0.3) is 0 Å². The highest BCUT2D eigenvalue weighted by molar-refractivity contribution is 7.47. The maximum Gasteiger partial charge on any atom is 0.472 e. The van der Waals surface area contributed by atoms with Crippen molar-refractivity contribution >= 4 is 13.8 Å². The molecule has 8 nitrogen and oxygen atoms in total. The summed E-state index contributed by atoms with van der Waals surface area (Å²) >= 11 is 0. The Balaban J connectivity index is 4.10. The van der Waals surface area contributed by atoms with Crippen molar-refractivity contribution in [2.45, 2.75) is 180 Å². The van der Waals surface area contributed by atoms with Gasteiger partial charge in [0, 0.05) is 19.6 Å². The van der Waals surface area contributed by atoms with Crippen molar-refractivity contribution in [1.82, 2.24) is 0 Å². The van der Waals surface area contributed by atoms with Gasteiger partial charge >= 0.3 is 13.8 Å². The predicted octanol–water partition coefficient (Wildman–Crippen LogP) is 10.9. The average Bonchev–Trinajstić information content (AvgIpc) is 3.06. The minimum Gasteiger partial charge on any atom is -0.457 e. The van der Waals surface area contributed by atoms with E-state index in [0.29, 0.717) is 13.0 Å². The number of esters is 1. The van der Waals surface area contributed by atoms with Crippen LogP contribution in [0, 0.1) is 0 Å². The fraction of sp³-hybridized carbons (Fsp3) is 0.868. The lowest BCUT2D eigenvalue weighted by molar-refractivity contribution is -0.154. The summed E-state index contributed by atoms with van der Waals surface area (Å²) in [5.41, 5.74) is 5.35. The molecule has 9 heteroatoms. The Morgan fingerprint density at radius 2 is 1.06 bits per heavy atom. The average molecular weight is 688 g/mol. The van der Waals surface area contributed by atoms with E-state index in [1.54, 1.807) is 0 Å². The first-order valence-electron chi connectivity index (χ1n) is 19.3.